The Hall–Kier alpha value is -2.50. The lowest BCUT2D eigenvalue weighted by Crippen LogP contribution is -2.17. The van der Waals surface area contributed by atoms with Gasteiger partial charge in [-0.2, -0.15) is 5.10 Å². The number of carbonyl (C=O) groups excluding carboxylic acids is 1. The molecule has 1 heterocycles. The molecule has 28 heavy (non-hydrogen) atoms. The maximum Gasteiger partial charge on any atom is 0.240 e. The van der Waals surface area contributed by atoms with Crippen molar-refractivity contribution in [1.82, 2.24) is 9.99 Å². The zero-order chi connectivity index (χ0) is 19.9. The number of thioether (sulfide) groups is 1. The summed E-state index contributed by atoms with van der Waals surface area (Å²) in [5.41, 5.74) is 6.68. The molecule has 6 heteroatoms. The van der Waals surface area contributed by atoms with Crippen molar-refractivity contribution < 1.29 is 4.79 Å². The lowest BCUT2D eigenvalue weighted by Gasteiger charge is -2.09. The maximum atomic E-state index is 12.0. The second-order valence-electron chi connectivity index (χ2n) is 6.35. The molecule has 3 rings (SSSR count). The van der Waals surface area contributed by atoms with Crippen LogP contribution in [0, 0.1) is 13.8 Å². The number of aromatic nitrogens is 1. The molecule has 0 fully saturated rings. The average molecular weight is 412 g/mol. The number of halogens is 1. The molecule has 144 valence electrons. The molecule has 0 unspecified atom stereocenters. The molecule has 3 aromatic rings. The molecule has 2 aromatic carbocycles. The van der Waals surface area contributed by atoms with Gasteiger partial charge in [-0.05, 0) is 50.2 Å². The van der Waals surface area contributed by atoms with Crippen LogP contribution in [0.1, 0.15) is 23.4 Å². The van der Waals surface area contributed by atoms with Gasteiger partial charge in [-0.25, -0.2) is 5.43 Å². The first kappa shape index (κ1) is 20.2. The monoisotopic (exact) mass is 411 g/mol. The van der Waals surface area contributed by atoms with E-state index in [1.54, 1.807) is 18.0 Å². The smallest absolute Gasteiger partial charge is 0.240 e. The maximum absolute atomic E-state index is 12.0. The second-order valence-corrected chi connectivity index (χ2v) is 7.95. The fourth-order valence-electron chi connectivity index (χ4n) is 2.94. The highest BCUT2D eigenvalue weighted by Gasteiger charge is 2.10. The van der Waals surface area contributed by atoms with Gasteiger partial charge in [-0.1, -0.05) is 35.9 Å². The van der Waals surface area contributed by atoms with Crippen LogP contribution in [0.4, 0.5) is 0 Å². The van der Waals surface area contributed by atoms with Gasteiger partial charge in [-0.15, -0.1) is 11.8 Å². The van der Waals surface area contributed by atoms with Gasteiger partial charge in [0, 0.05) is 44.7 Å². The van der Waals surface area contributed by atoms with Gasteiger partial charge in [-0.3, -0.25) is 4.79 Å². The Balaban J connectivity index is 1.57. The Morgan fingerprint density at radius 3 is 2.68 bits per heavy atom. The quantitative estimate of drug-likeness (QED) is 0.322. The number of benzene rings is 2. The molecule has 1 aromatic heterocycles. The third-order valence-electron chi connectivity index (χ3n) is 4.27. The molecule has 0 radical (unpaired) electrons. The Morgan fingerprint density at radius 1 is 1.14 bits per heavy atom. The molecular formula is C22H22ClN3OS. The van der Waals surface area contributed by atoms with E-state index in [1.165, 1.54) is 0 Å². The molecule has 4 nitrogen and oxygen atoms in total. The number of amides is 1. The van der Waals surface area contributed by atoms with Crippen molar-refractivity contribution in [2.45, 2.75) is 25.2 Å². The van der Waals surface area contributed by atoms with Crippen molar-refractivity contribution in [2.24, 2.45) is 5.10 Å². The predicted octanol–water partition coefficient (Wildman–Crippen LogP) is 5.38. The Morgan fingerprint density at radius 2 is 1.93 bits per heavy atom. The SMILES string of the molecule is Cc1cc(/C=N\NC(=O)CCSc2ccccc2)c(C)n1-c1cccc(Cl)c1. The lowest BCUT2D eigenvalue weighted by atomic mass is 10.2. The first-order valence-corrected chi connectivity index (χ1v) is 10.4. The van der Waals surface area contributed by atoms with E-state index in [0.717, 1.165) is 27.5 Å². The highest BCUT2D eigenvalue weighted by molar-refractivity contribution is 7.99. The van der Waals surface area contributed by atoms with E-state index in [0.29, 0.717) is 17.2 Å². The summed E-state index contributed by atoms with van der Waals surface area (Å²) in [6, 6.07) is 19.8. The van der Waals surface area contributed by atoms with Crippen molar-refractivity contribution in [1.29, 1.82) is 0 Å². The van der Waals surface area contributed by atoms with Crippen molar-refractivity contribution in [3.63, 3.8) is 0 Å². The van der Waals surface area contributed by atoms with E-state index in [-0.39, 0.29) is 5.91 Å². The van der Waals surface area contributed by atoms with Crippen molar-refractivity contribution >= 4 is 35.5 Å². The summed E-state index contributed by atoms with van der Waals surface area (Å²) >= 11 is 7.77. The molecule has 1 N–H and O–H groups in total. The summed E-state index contributed by atoms with van der Waals surface area (Å²) in [4.78, 5) is 13.1. The topological polar surface area (TPSA) is 46.4 Å². The van der Waals surface area contributed by atoms with E-state index in [2.05, 4.69) is 15.1 Å². The van der Waals surface area contributed by atoms with Gasteiger partial charge in [0.05, 0.1) is 6.21 Å². The minimum absolute atomic E-state index is 0.0941. The molecule has 0 bridgehead atoms. The van der Waals surface area contributed by atoms with Gasteiger partial charge < -0.3 is 4.57 Å². The fraction of sp³-hybridized carbons (Fsp3) is 0.182. The van der Waals surface area contributed by atoms with Crippen LogP contribution in [0.25, 0.3) is 5.69 Å². The standard InChI is InChI=1S/C22H22ClN3OS/c1-16-13-18(17(2)26(16)20-8-6-7-19(23)14-20)15-24-25-22(27)11-12-28-21-9-4-3-5-10-21/h3-10,13-15H,11-12H2,1-2H3,(H,25,27)/b24-15-. The summed E-state index contributed by atoms with van der Waals surface area (Å²) in [6.07, 6.45) is 2.10. The van der Waals surface area contributed by atoms with Crippen molar-refractivity contribution in [2.75, 3.05) is 5.75 Å². The molecule has 0 aliphatic rings. The lowest BCUT2D eigenvalue weighted by molar-refractivity contribution is -0.120. The van der Waals surface area contributed by atoms with E-state index in [1.807, 2.05) is 74.5 Å². The number of hydrogen-bond donors (Lipinski definition) is 1. The number of rotatable bonds is 7. The highest BCUT2D eigenvalue weighted by Crippen LogP contribution is 2.22. The Bertz CT molecular complexity index is 983. The van der Waals surface area contributed by atoms with Gasteiger partial charge in [0.25, 0.3) is 0 Å². The van der Waals surface area contributed by atoms with Crippen LogP contribution in [0.15, 0.2) is 70.7 Å². The third-order valence-corrected chi connectivity index (χ3v) is 5.52. The number of carbonyl (C=O) groups is 1. The van der Waals surface area contributed by atoms with Crippen LogP contribution in [0.2, 0.25) is 5.02 Å². The van der Waals surface area contributed by atoms with Crippen LogP contribution in [0.3, 0.4) is 0 Å². The Labute approximate surface area is 174 Å². The van der Waals surface area contributed by atoms with E-state index < -0.39 is 0 Å². The summed E-state index contributed by atoms with van der Waals surface area (Å²) < 4.78 is 2.12. The minimum Gasteiger partial charge on any atom is -0.318 e. The average Bonchev–Trinajstić information content (AvgIpc) is 2.96. The summed E-state index contributed by atoms with van der Waals surface area (Å²) in [7, 11) is 0. The normalized spacial score (nSPS) is 11.1. The number of nitrogens with zero attached hydrogens (tertiary/aromatic N) is 2. The fourth-order valence-corrected chi connectivity index (χ4v) is 4.00. The third kappa shape index (κ3) is 5.27. The predicted molar refractivity (Wildman–Crippen MR) is 118 cm³/mol. The zero-order valence-electron chi connectivity index (χ0n) is 15.9. The van der Waals surface area contributed by atoms with Gasteiger partial charge in [0.1, 0.15) is 0 Å². The number of hydrazone groups is 1. The molecule has 0 saturated carbocycles. The molecule has 0 aliphatic carbocycles. The van der Waals surface area contributed by atoms with Gasteiger partial charge in [0.2, 0.25) is 5.91 Å². The highest BCUT2D eigenvalue weighted by atomic mass is 35.5. The van der Waals surface area contributed by atoms with Gasteiger partial charge >= 0.3 is 0 Å². The molecule has 1 amide bonds. The molecule has 0 spiro atoms. The second kappa shape index (κ2) is 9.62. The summed E-state index contributed by atoms with van der Waals surface area (Å²) in [5.74, 6) is 0.623. The van der Waals surface area contributed by atoms with E-state index >= 15 is 0 Å². The van der Waals surface area contributed by atoms with Crippen LogP contribution >= 0.6 is 23.4 Å². The van der Waals surface area contributed by atoms with Crippen LogP contribution < -0.4 is 5.43 Å². The van der Waals surface area contributed by atoms with Crippen LogP contribution in [0.5, 0.6) is 0 Å². The molecule has 0 aliphatic heterocycles. The Kier molecular flexibility index (Phi) is 6.95. The summed E-state index contributed by atoms with van der Waals surface area (Å²) in [6.45, 7) is 4.05. The molecule has 0 saturated heterocycles. The first-order chi connectivity index (χ1) is 13.5. The first-order valence-electron chi connectivity index (χ1n) is 8.99. The largest absolute Gasteiger partial charge is 0.318 e. The van der Waals surface area contributed by atoms with E-state index in [4.69, 9.17) is 11.6 Å². The number of nitrogens with one attached hydrogen (secondary N) is 1. The van der Waals surface area contributed by atoms with E-state index in [9.17, 15) is 4.79 Å². The minimum atomic E-state index is -0.0941. The van der Waals surface area contributed by atoms with Gasteiger partial charge in [0.15, 0.2) is 0 Å². The number of aryl methyl sites for hydroxylation is 1. The van der Waals surface area contributed by atoms with Crippen LogP contribution in [-0.2, 0) is 4.79 Å². The van der Waals surface area contributed by atoms with Crippen molar-refractivity contribution in [3.8, 4) is 5.69 Å². The zero-order valence-corrected chi connectivity index (χ0v) is 17.4. The van der Waals surface area contributed by atoms with Crippen molar-refractivity contribution in [3.05, 3.63) is 82.6 Å². The number of hydrogen-bond acceptors (Lipinski definition) is 3. The molecular weight excluding hydrogens is 390 g/mol. The summed E-state index contributed by atoms with van der Waals surface area (Å²) in [5, 5.41) is 4.82. The van der Waals surface area contributed by atoms with Crippen LogP contribution in [-0.4, -0.2) is 22.4 Å². The molecule has 0 atom stereocenters.